The minimum atomic E-state index is -0.719. The lowest BCUT2D eigenvalue weighted by atomic mass is 10.0. The molecule has 84 valence electrons. The maximum absolute atomic E-state index is 14.0. The van der Waals surface area contributed by atoms with Crippen molar-refractivity contribution in [2.24, 2.45) is 4.99 Å². The molecular formula is C11H9BrFNO2. The van der Waals surface area contributed by atoms with Crippen LogP contribution in [0.25, 0.3) is 0 Å². The molecule has 0 spiro atoms. The van der Waals surface area contributed by atoms with E-state index in [1.54, 1.807) is 12.1 Å². The molecule has 16 heavy (non-hydrogen) atoms. The Kier molecular flexibility index (Phi) is 2.82. The van der Waals surface area contributed by atoms with Crippen LogP contribution in [0.1, 0.15) is 18.4 Å². The molecule has 0 heterocycles. The van der Waals surface area contributed by atoms with Crippen molar-refractivity contribution in [3.63, 3.8) is 0 Å². The molecule has 0 bridgehead atoms. The van der Waals surface area contributed by atoms with Gasteiger partial charge in [0.05, 0.1) is 7.11 Å². The minimum absolute atomic E-state index is 0.150. The van der Waals surface area contributed by atoms with E-state index in [-0.39, 0.29) is 5.75 Å². The monoisotopic (exact) mass is 285 g/mol. The summed E-state index contributed by atoms with van der Waals surface area (Å²) in [6.45, 7) is 0. The van der Waals surface area contributed by atoms with Crippen molar-refractivity contribution in [3.05, 3.63) is 28.0 Å². The molecular weight excluding hydrogens is 277 g/mol. The number of halogens is 2. The summed E-state index contributed by atoms with van der Waals surface area (Å²) in [6.07, 6.45) is 2.84. The third kappa shape index (κ3) is 1.77. The highest BCUT2D eigenvalue weighted by Crippen LogP contribution is 2.51. The van der Waals surface area contributed by atoms with Crippen molar-refractivity contribution in [1.82, 2.24) is 0 Å². The van der Waals surface area contributed by atoms with Gasteiger partial charge in [-0.2, -0.15) is 4.99 Å². The molecule has 0 saturated heterocycles. The molecule has 5 heteroatoms. The third-order valence-corrected chi connectivity index (χ3v) is 3.17. The molecule has 1 aliphatic rings. The molecule has 1 aromatic carbocycles. The Hall–Kier alpha value is -1.19. The smallest absolute Gasteiger partial charge is 0.235 e. The lowest BCUT2D eigenvalue weighted by molar-refractivity contribution is 0.381. The number of rotatable bonds is 3. The van der Waals surface area contributed by atoms with Gasteiger partial charge in [-0.05, 0) is 25.0 Å². The topological polar surface area (TPSA) is 38.7 Å². The molecule has 0 unspecified atom stereocenters. The van der Waals surface area contributed by atoms with Crippen molar-refractivity contribution in [1.29, 1.82) is 0 Å². The first-order valence-corrected chi connectivity index (χ1v) is 5.55. The first kappa shape index (κ1) is 11.3. The zero-order valence-corrected chi connectivity index (χ0v) is 10.2. The second-order valence-corrected chi connectivity index (χ2v) is 4.62. The van der Waals surface area contributed by atoms with Gasteiger partial charge in [0.2, 0.25) is 6.08 Å². The van der Waals surface area contributed by atoms with Gasteiger partial charge in [0.15, 0.2) is 11.6 Å². The molecule has 2 rings (SSSR count). The van der Waals surface area contributed by atoms with Crippen molar-refractivity contribution in [2.75, 3.05) is 7.11 Å². The van der Waals surface area contributed by atoms with E-state index in [0.717, 1.165) is 0 Å². The molecule has 3 nitrogen and oxygen atoms in total. The summed E-state index contributed by atoms with van der Waals surface area (Å²) in [6, 6.07) is 3.17. The number of aliphatic imine (C=N–C) groups is 1. The maximum atomic E-state index is 14.0. The molecule has 1 saturated carbocycles. The molecule has 1 aromatic rings. The average molecular weight is 286 g/mol. The number of hydrogen-bond donors (Lipinski definition) is 0. The Bertz CT molecular complexity index is 479. The van der Waals surface area contributed by atoms with Gasteiger partial charge in [-0.3, -0.25) is 0 Å². The van der Waals surface area contributed by atoms with Gasteiger partial charge in [0.25, 0.3) is 0 Å². The fraction of sp³-hybridized carbons (Fsp3) is 0.364. The summed E-state index contributed by atoms with van der Waals surface area (Å²) in [5.74, 6) is -0.307. The van der Waals surface area contributed by atoms with Crippen molar-refractivity contribution >= 4 is 22.0 Å². The van der Waals surface area contributed by atoms with E-state index in [1.165, 1.54) is 13.2 Å². The minimum Gasteiger partial charge on any atom is -0.494 e. The predicted molar refractivity (Wildman–Crippen MR) is 59.7 cm³/mol. The van der Waals surface area contributed by atoms with Gasteiger partial charge >= 0.3 is 0 Å². The molecule has 0 atom stereocenters. The summed E-state index contributed by atoms with van der Waals surface area (Å²) in [5, 5.41) is 0. The standard InChI is InChI=1S/C11H9BrFNO2/c1-16-9-5-7(12)4-8(10(9)13)11(2-3-11)14-6-15/h4-5H,2-3H2,1H3. The highest BCUT2D eigenvalue weighted by Gasteiger charge is 2.47. The fourth-order valence-electron chi connectivity index (χ4n) is 1.70. The van der Waals surface area contributed by atoms with E-state index in [4.69, 9.17) is 4.74 Å². The lowest BCUT2D eigenvalue weighted by Gasteiger charge is -2.12. The Labute approximate surface area is 100 Å². The summed E-state index contributed by atoms with van der Waals surface area (Å²) < 4.78 is 19.6. The Morgan fingerprint density at radius 3 is 2.75 bits per heavy atom. The van der Waals surface area contributed by atoms with Crippen LogP contribution in [-0.4, -0.2) is 13.2 Å². The van der Waals surface area contributed by atoms with Crippen molar-refractivity contribution < 1.29 is 13.9 Å². The quantitative estimate of drug-likeness (QED) is 0.633. The van der Waals surface area contributed by atoms with Crippen molar-refractivity contribution in [3.8, 4) is 5.75 Å². The lowest BCUT2D eigenvalue weighted by Crippen LogP contribution is -2.07. The average Bonchev–Trinajstić information content (AvgIpc) is 3.02. The van der Waals surface area contributed by atoms with Crippen LogP contribution in [0.5, 0.6) is 5.75 Å². The molecule has 0 aromatic heterocycles. The van der Waals surface area contributed by atoms with Crippen LogP contribution in [0.4, 0.5) is 4.39 Å². The number of isocyanates is 1. The number of benzene rings is 1. The second-order valence-electron chi connectivity index (χ2n) is 3.70. The normalized spacial score (nSPS) is 16.4. The van der Waals surface area contributed by atoms with Gasteiger partial charge in [-0.25, -0.2) is 9.18 Å². The van der Waals surface area contributed by atoms with E-state index in [0.29, 0.717) is 22.9 Å². The first-order valence-electron chi connectivity index (χ1n) is 4.75. The number of carbonyl (C=O) groups excluding carboxylic acids is 1. The van der Waals surface area contributed by atoms with Crippen LogP contribution in [0.2, 0.25) is 0 Å². The summed E-state index contributed by atoms with van der Waals surface area (Å²) in [4.78, 5) is 14.0. The van der Waals surface area contributed by atoms with Gasteiger partial charge in [0, 0.05) is 10.0 Å². The third-order valence-electron chi connectivity index (χ3n) is 2.71. The molecule has 0 N–H and O–H groups in total. The van der Waals surface area contributed by atoms with Crippen molar-refractivity contribution in [2.45, 2.75) is 18.4 Å². The van der Waals surface area contributed by atoms with Crippen LogP contribution in [0, 0.1) is 5.82 Å². The Morgan fingerprint density at radius 2 is 2.25 bits per heavy atom. The van der Waals surface area contributed by atoms with Gasteiger partial charge < -0.3 is 4.74 Å². The van der Waals surface area contributed by atoms with Gasteiger partial charge in [0.1, 0.15) is 5.54 Å². The van der Waals surface area contributed by atoms with E-state index in [1.807, 2.05) is 0 Å². The zero-order chi connectivity index (χ0) is 11.8. The number of ether oxygens (including phenoxy) is 1. The second kappa shape index (κ2) is 4.00. The number of hydrogen-bond acceptors (Lipinski definition) is 3. The zero-order valence-electron chi connectivity index (χ0n) is 8.59. The predicted octanol–water partition coefficient (Wildman–Crippen LogP) is 2.92. The van der Waals surface area contributed by atoms with Gasteiger partial charge in [-0.15, -0.1) is 0 Å². The van der Waals surface area contributed by atoms with Crippen LogP contribution < -0.4 is 4.74 Å². The van der Waals surface area contributed by atoms with E-state index in [9.17, 15) is 9.18 Å². The van der Waals surface area contributed by atoms with E-state index >= 15 is 0 Å². The van der Waals surface area contributed by atoms with E-state index < -0.39 is 11.4 Å². The van der Waals surface area contributed by atoms with E-state index in [2.05, 4.69) is 20.9 Å². The Morgan fingerprint density at radius 1 is 1.56 bits per heavy atom. The summed E-state index contributed by atoms with van der Waals surface area (Å²) in [5.41, 5.74) is -0.329. The largest absolute Gasteiger partial charge is 0.494 e. The molecule has 0 aliphatic heterocycles. The first-order chi connectivity index (χ1) is 7.63. The fourth-order valence-corrected chi connectivity index (χ4v) is 2.14. The molecule has 0 radical (unpaired) electrons. The van der Waals surface area contributed by atoms with Gasteiger partial charge in [-0.1, -0.05) is 15.9 Å². The molecule has 0 amide bonds. The number of methoxy groups -OCH3 is 1. The molecule has 1 aliphatic carbocycles. The number of nitrogens with zero attached hydrogens (tertiary/aromatic N) is 1. The van der Waals surface area contributed by atoms with Crippen LogP contribution in [0.15, 0.2) is 21.6 Å². The molecule has 1 fully saturated rings. The highest BCUT2D eigenvalue weighted by molar-refractivity contribution is 9.10. The SMILES string of the molecule is COc1cc(Br)cc(C2(N=C=O)CC2)c1F. The Balaban J connectivity index is 2.56. The summed E-state index contributed by atoms with van der Waals surface area (Å²) >= 11 is 3.27. The van der Waals surface area contributed by atoms with Crippen LogP contribution in [-0.2, 0) is 10.3 Å². The summed E-state index contributed by atoms with van der Waals surface area (Å²) in [7, 11) is 1.40. The maximum Gasteiger partial charge on any atom is 0.235 e. The van der Waals surface area contributed by atoms with Crippen LogP contribution >= 0.6 is 15.9 Å². The van der Waals surface area contributed by atoms with Crippen LogP contribution in [0.3, 0.4) is 0 Å². The highest BCUT2D eigenvalue weighted by atomic mass is 79.9.